The third-order valence-electron chi connectivity index (χ3n) is 6.28. The molecule has 0 spiro atoms. The summed E-state index contributed by atoms with van der Waals surface area (Å²) in [6, 6.07) is 16.5. The summed E-state index contributed by atoms with van der Waals surface area (Å²) in [4.78, 5) is 13.0. The Morgan fingerprint density at radius 2 is 1.50 bits per heavy atom. The standard InChI is InChI=1S/C19H30N2O.C7H8.Y/c1-5-10-17(21(6-2)13-7-8-14-21)19(22)20-18-15(3)11-9-12-16(18)4;1-7-5-3-2-4-6-7;/h9,11-12,17H,5-8,10,13-14H2,1-4H3;2-6H,1H3;/p+1. The average Bonchev–Trinajstić information content (AvgIpc) is 3.20. The second-order valence-corrected chi connectivity index (χ2v) is 8.40. The van der Waals surface area contributed by atoms with Crippen molar-refractivity contribution in [2.24, 2.45) is 0 Å². The molecule has 1 aliphatic rings. The maximum Gasteiger partial charge on any atom is 0.282 e. The minimum Gasteiger partial charge on any atom is -0.320 e. The molecule has 2 aromatic rings. The molecular formula is C26H39N2OY+. The monoisotopic (exact) mass is 484 g/mol. The molecule has 1 aliphatic heterocycles. The number of carbonyl (C=O) groups excluding carboxylic acids is 1. The van der Waals surface area contributed by atoms with Gasteiger partial charge in [0.25, 0.3) is 5.91 Å². The van der Waals surface area contributed by atoms with Crippen LogP contribution >= 0.6 is 0 Å². The fraction of sp³-hybridized carbons (Fsp3) is 0.500. The molecule has 1 saturated heterocycles. The Labute approximate surface area is 209 Å². The molecule has 0 aliphatic carbocycles. The number of benzene rings is 2. The van der Waals surface area contributed by atoms with Crippen LogP contribution in [0.2, 0.25) is 0 Å². The van der Waals surface area contributed by atoms with Crippen molar-refractivity contribution >= 4 is 11.6 Å². The maximum absolute atomic E-state index is 13.0. The summed E-state index contributed by atoms with van der Waals surface area (Å²) in [5.41, 5.74) is 4.62. The predicted octanol–water partition coefficient (Wildman–Crippen LogP) is 6.03. The minimum absolute atomic E-state index is 0. The largest absolute Gasteiger partial charge is 0.320 e. The van der Waals surface area contributed by atoms with E-state index in [1.807, 2.05) is 24.3 Å². The van der Waals surface area contributed by atoms with Gasteiger partial charge in [0.05, 0.1) is 19.6 Å². The minimum atomic E-state index is 0. The van der Waals surface area contributed by atoms with Crippen LogP contribution in [0.25, 0.3) is 0 Å². The fourth-order valence-corrected chi connectivity index (χ4v) is 4.49. The van der Waals surface area contributed by atoms with Gasteiger partial charge in [-0.05, 0) is 45.2 Å². The second kappa shape index (κ2) is 13.4. The van der Waals surface area contributed by atoms with Gasteiger partial charge >= 0.3 is 0 Å². The first kappa shape index (κ1) is 27.0. The number of carbonyl (C=O) groups is 1. The van der Waals surface area contributed by atoms with E-state index in [4.69, 9.17) is 0 Å². The number of hydrogen-bond acceptors (Lipinski definition) is 1. The van der Waals surface area contributed by atoms with Crippen molar-refractivity contribution in [3.05, 3.63) is 65.2 Å². The van der Waals surface area contributed by atoms with Crippen LogP contribution in [0.3, 0.4) is 0 Å². The van der Waals surface area contributed by atoms with Crippen LogP contribution in [-0.4, -0.2) is 36.1 Å². The topological polar surface area (TPSA) is 29.1 Å². The summed E-state index contributed by atoms with van der Waals surface area (Å²) < 4.78 is 0.977. The third-order valence-corrected chi connectivity index (χ3v) is 6.28. The molecule has 1 heterocycles. The van der Waals surface area contributed by atoms with Crippen molar-refractivity contribution in [1.29, 1.82) is 0 Å². The SMILES string of the molecule is CCCC(C(=O)Nc1c(C)cccc1C)[N+]1(CC)CCCC1.Cc1ccccc1.[Y]. The zero-order valence-corrected chi connectivity index (χ0v) is 22.4. The van der Waals surface area contributed by atoms with Gasteiger partial charge in [-0.15, -0.1) is 0 Å². The van der Waals surface area contributed by atoms with Gasteiger partial charge in [-0.2, -0.15) is 0 Å². The number of aryl methyl sites for hydroxylation is 3. The average molecular weight is 485 g/mol. The Morgan fingerprint density at radius 3 is 1.93 bits per heavy atom. The van der Waals surface area contributed by atoms with Crippen LogP contribution in [0.15, 0.2) is 48.5 Å². The van der Waals surface area contributed by atoms with E-state index in [9.17, 15) is 4.79 Å². The molecule has 1 unspecified atom stereocenters. The van der Waals surface area contributed by atoms with E-state index >= 15 is 0 Å². The summed E-state index contributed by atoms with van der Waals surface area (Å²) in [6.45, 7) is 14.0. The third kappa shape index (κ3) is 7.29. The molecule has 4 heteroatoms. The number of likely N-dealkylation sites (tertiary alicyclic amines) is 1. The van der Waals surface area contributed by atoms with Gasteiger partial charge in [0.1, 0.15) is 0 Å². The summed E-state index contributed by atoms with van der Waals surface area (Å²) in [5.74, 6) is 0.211. The number of rotatable bonds is 6. The summed E-state index contributed by atoms with van der Waals surface area (Å²) in [5, 5.41) is 3.24. The quantitative estimate of drug-likeness (QED) is 0.498. The zero-order valence-electron chi connectivity index (χ0n) is 19.6. The molecule has 1 radical (unpaired) electrons. The van der Waals surface area contributed by atoms with E-state index in [0.717, 1.165) is 53.8 Å². The van der Waals surface area contributed by atoms with Gasteiger partial charge in [-0.3, -0.25) is 4.79 Å². The maximum atomic E-state index is 13.0. The van der Waals surface area contributed by atoms with Crippen LogP contribution in [-0.2, 0) is 37.5 Å². The first-order chi connectivity index (χ1) is 13.9. The number of quaternary nitrogens is 1. The summed E-state index contributed by atoms with van der Waals surface area (Å²) in [7, 11) is 0. The number of anilines is 1. The Hall–Kier alpha value is -1.03. The van der Waals surface area contributed by atoms with Gasteiger partial charge in [0.2, 0.25) is 0 Å². The number of para-hydroxylation sites is 1. The second-order valence-electron chi connectivity index (χ2n) is 8.40. The van der Waals surface area contributed by atoms with E-state index in [-0.39, 0.29) is 44.7 Å². The van der Waals surface area contributed by atoms with Gasteiger partial charge in [-0.25, -0.2) is 0 Å². The van der Waals surface area contributed by atoms with Crippen molar-refractivity contribution in [2.75, 3.05) is 25.0 Å². The molecule has 0 bridgehead atoms. The molecule has 161 valence electrons. The van der Waals surface area contributed by atoms with Gasteiger partial charge in [0, 0.05) is 57.7 Å². The number of likely N-dealkylation sites (N-methyl/N-ethyl adjacent to an activating group) is 1. The van der Waals surface area contributed by atoms with Crippen molar-refractivity contribution in [3.63, 3.8) is 0 Å². The van der Waals surface area contributed by atoms with Crippen LogP contribution < -0.4 is 5.32 Å². The van der Waals surface area contributed by atoms with E-state index in [2.05, 4.69) is 64.2 Å². The number of nitrogens with one attached hydrogen (secondary N) is 1. The molecular weight excluding hydrogens is 445 g/mol. The van der Waals surface area contributed by atoms with Crippen LogP contribution in [0.4, 0.5) is 5.69 Å². The summed E-state index contributed by atoms with van der Waals surface area (Å²) >= 11 is 0. The molecule has 30 heavy (non-hydrogen) atoms. The molecule has 3 nitrogen and oxygen atoms in total. The number of amides is 1. The predicted molar refractivity (Wildman–Crippen MR) is 124 cm³/mol. The van der Waals surface area contributed by atoms with E-state index in [1.54, 1.807) is 0 Å². The molecule has 0 aromatic heterocycles. The Morgan fingerprint density at radius 1 is 0.933 bits per heavy atom. The molecule has 3 rings (SSSR count). The van der Waals surface area contributed by atoms with Crippen molar-refractivity contribution < 1.29 is 42.0 Å². The Balaban J connectivity index is 0.000000477. The Bertz CT molecular complexity index is 750. The molecule has 1 atom stereocenters. The number of hydrogen-bond donors (Lipinski definition) is 1. The van der Waals surface area contributed by atoms with Crippen molar-refractivity contribution in [3.8, 4) is 0 Å². The van der Waals surface area contributed by atoms with Gasteiger partial charge < -0.3 is 9.80 Å². The smallest absolute Gasteiger partial charge is 0.282 e. The normalized spacial score (nSPS) is 15.4. The first-order valence-electron chi connectivity index (χ1n) is 11.2. The van der Waals surface area contributed by atoms with Crippen LogP contribution in [0.1, 0.15) is 56.2 Å². The van der Waals surface area contributed by atoms with Crippen molar-refractivity contribution in [1.82, 2.24) is 0 Å². The van der Waals surface area contributed by atoms with E-state index in [1.165, 1.54) is 18.4 Å². The molecule has 0 saturated carbocycles. The summed E-state index contributed by atoms with van der Waals surface area (Å²) in [6.07, 6.45) is 4.55. The fourth-order valence-electron chi connectivity index (χ4n) is 4.49. The first-order valence-corrected chi connectivity index (χ1v) is 11.2. The van der Waals surface area contributed by atoms with Crippen LogP contribution in [0, 0.1) is 20.8 Å². The van der Waals surface area contributed by atoms with E-state index < -0.39 is 0 Å². The van der Waals surface area contributed by atoms with Gasteiger partial charge in [-0.1, -0.05) is 61.0 Å². The molecule has 1 amide bonds. The zero-order chi connectivity index (χ0) is 21.3. The van der Waals surface area contributed by atoms with Crippen LogP contribution in [0.5, 0.6) is 0 Å². The molecule has 1 fully saturated rings. The molecule has 1 N–H and O–H groups in total. The van der Waals surface area contributed by atoms with Gasteiger partial charge in [0.15, 0.2) is 6.04 Å². The van der Waals surface area contributed by atoms with Crippen molar-refractivity contribution in [2.45, 2.75) is 66.3 Å². The Kier molecular flexibility index (Phi) is 12.1. The molecule has 2 aromatic carbocycles. The number of nitrogens with zero attached hydrogens (tertiary/aromatic N) is 1. The van der Waals surface area contributed by atoms with E-state index in [0.29, 0.717) is 0 Å².